The monoisotopic (exact) mass is 258 g/mol. The second kappa shape index (κ2) is 6.09. The maximum Gasteiger partial charge on any atom is 0.170 e. The van der Waals surface area contributed by atoms with Gasteiger partial charge in [0.1, 0.15) is 5.75 Å². The summed E-state index contributed by atoms with van der Waals surface area (Å²) in [6.45, 7) is 2.88. The second-order valence-electron chi connectivity index (χ2n) is 4.41. The largest absolute Gasteiger partial charge is 0.494 e. The number of ether oxygens (including phenoxy) is 1. The molecule has 0 spiro atoms. The summed E-state index contributed by atoms with van der Waals surface area (Å²) in [6.07, 6.45) is 2.18. The molecule has 2 aromatic rings. The number of nitrogens with two attached hydrogens (primary N) is 1. The van der Waals surface area contributed by atoms with Crippen LogP contribution >= 0.6 is 0 Å². The fourth-order valence-corrected chi connectivity index (χ4v) is 1.87. The Morgan fingerprint density at radius 3 is 2.68 bits per heavy atom. The Labute approximate surface area is 112 Å². The Morgan fingerprint density at radius 2 is 1.95 bits per heavy atom. The van der Waals surface area contributed by atoms with Gasteiger partial charge in [0.25, 0.3) is 0 Å². The maximum absolute atomic E-state index is 8.67. The number of rotatable bonds is 5. The predicted octanol–water partition coefficient (Wildman–Crippen LogP) is 3.11. The molecule has 0 fully saturated rings. The fourth-order valence-electron chi connectivity index (χ4n) is 1.87. The van der Waals surface area contributed by atoms with E-state index in [-0.39, 0.29) is 5.84 Å². The van der Waals surface area contributed by atoms with Crippen molar-refractivity contribution in [2.45, 2.75) is 19.8 Å². The molecule has 0 aromatic heterocycles. The maximum atomic E-state index is 8.67. The normalized spacial score (nSPS) is 11.7. The molecule has 2 aromatic carbocycles. The second-order valence-corrected chi connectivity index (χ2v) is 4.41. The Bertz CT molecular complexity index is 594. The van der Waals surface area contributed by atoms with E-state index in [0.717, 1.165) is 36.0 Å². The van der Waals surface area contributed by atoms with Crippen molar-refractivity contribution >= 4 is 16.6 Å². The van der Waals surface area contributed by atoms with Gasteiger partial charge >= 0.3 is 0 Å². The number of nitrogens with zero attached hydrogens (tertiary/aromatic N) is 1. The summed E-state index contributed by atoms with van der Waals surface area (Å²) in [7, 11) is 0. The molecule has 0 heterocycles. The molecule has 0 radical (unpaired) electrons. The lowest BCUT2D eigenvalue weighted by molar-refractivity contribution is 0.310. The van der Waals surface area contributed by atoms with Gasteiger partial charge in [-0.1, -0.05) is 36.7 Å². The first kappa shape index (κ1) is 13.2. The summed E-state index contributed by atoms with van der Waals surface area (Å²) >= 11 is 0. The van der Waals surface area contributed by atoms with E-state index in [1.807, 2.05) is 36.4 Å². The topological polar surface area (TPSA) is 67.8 Å². The number of oxime groups is 1. The van der Waals surface area contributed by atoms with Crippen molar-refractivity contribution in [3.05, 3.63) is 42.0 Å². The van der Waals surface area contributed by atoms with Crippen LogP contribution in [0, 0.1) is 0 Å². The summed E-state index contributed by atoms with van der Waals surface area (Å²) in [5.74, 6) is 0.989. The van der Waals surface area contributed by atoms with Crippen LogP contribution in [-0.2, 0) is 0 Å². The smallest absolute Gasteiger partial charge is 0.170 e. The van der Waals surface area contributed by atoms with Gasteiger partial charge in [-0.05, 0) is 35.4 Å². The molecule has 3 N–H and O–H groups in total. The van der Waals surface area contributed by atoms with Crippen LogP contribution in [0.15, 0.2) is 41.6 Å². The molecule has 0 atom stereocenters. The van der Waals surface area contributed by atoms with E-state index in [2.05, 4.69) is 12.1 Å². The van der Waals surface area contributed by atoms with Gasteiger partial charge in [0, 0.05) is 5.56 Å². The quantitative estimate of drug-likeness (QED) is 0.285. The molecule has 0 saturated carbocycles. The number of benzene rings is 2. The van der Waals surface area contributed by atoms with Crippen molar-refractivity contribution in [3.8, 4) is 5.75 Å². The molecule has 100 valence electrons. The summed E-state index contributed by atoms with van der Waals surface area (Å²) in [4.78, 5) is 0. The van der Waals surface area contributed by atoms with Crippen LogP contribution in [0.1, 0.15) is 25.3 Å². The van der Waals surface area contributed by atoms with Gasteiger partial charge in [-0.3, -0.25) is 0 Å². The van der Waals surface area contributed by atoms with Gasteiger partial charge in [0.2, 0.25) is 0 Å². The molecular weight excluding hydrogens is 240 g/mol. The summed E-state index contributed by atoms with van der Waals surface area (Å²) in [6, 6.07) is 11.6. The van der Waals surface area contributed by atoms with Gasteiger partial charge in [0.05, 0.1) is 6.61 Å². The van der Waals surface area contributed by atoms with Gasteiger partial charge in [0.15, 0.2) is 5.84 Å². The zero-order valence-electron chi connectivity index (χ0n) is 11.0. The first-order valence-electron chi connectivity index (χ1n) is 6.39. The van der Waals surface area contributed by atoms with E-state index in [0.29, 0.717) is 5.56 Å². The minimum absolute atomic E-state index is 0.116. The van der Waals surface area contributed by atoms with Crippen molar-refractivity contribution in [1.29, 1.82) is 0 Å². The highest BCUT2D eigenvalue weighted by atomic mass is 16.5. The Balaban J connectivity index is 2.25. The highest BCUT2D eigenvalue weighted by molar-refractivity contribution is 6.00. The van der Waals surface area contributed by atoms with Crippen molar-refractivity contribution in [3.63, 3.8) is 0 Å². The van der Waals surface area contributed by atoms with Crippen molar-refractivity contribution in [2.75, 3.05) is 6.61 Å². The summed E-state index contributed by atoms with van der Waals surface area (Å²) in [5.41, 5.74) is 6.27. The minimum Gasteiger partial charge on any atom is -0.494 e. The SMILES string of the molecule is CCCCOc1ccc2cc(/C(N)=N/O)ccc2c1. The van der Waals surface area contributed by atoms with Crippen molar-refractivity contribution < 1.29 is 9.94 Å². The Morgan fingerprint density at radius 1 is 1.21 bits per heavy atom. The molecule has 4 nitrogen and oxygen atoms in total. The number of unbranched alkanes of at least 4 members (excludes halogenated alkanes) is 1. The Kier molecular flexibility index (Phi) is 4.23. The van der Waals surface area contributed by atoms with E-state index in [9.17, 15) is 0 Å². The molecule has 0 unspecified atom stereocenters. The van der Waals surface area contributed by atoms with Crippen LogP contribution in [0.3, 0.4) is 0 Å². The van der Waals surface area contributed by atoms with E-state index in [4.69, 9.17) is 15.7 Å². The number of fused-ring (bicyclic) bond motifs is 1. The van der Waals surface area contributed by atoms with Crippen LogP contribution in [0.5, 0.6) is 5.75 Å². The zero-order chi connectivity index (χ0) is 13.7. The van der Waals surface area contributed by atoms with Crippen LogP contribution in [-0.4, -0.2) is 17.6 Å². The summed E-state index contributed by atoms with van der Waals surface area (Å²) in [5, 5.41) is 13.8. The van der Waals surface area contributed by atoms with Gasteiger partial charge in [-0.25, -0.2) is 0 Å². The van der Waals surface area contributed by atoms with Gasteiger partial charge in [-0.15, -0.1) is 0 Å². The molecule has 0 aliphatic heterocycles. The predicted molar refractivity (Wildman–Crippen MR) is 76.9 cm³/mol. The van der Waals surface area contributed by atoms with Crippen LogP contribution < -0.4 is 10.5 Å². The number of amidine groups is 1. The molecule has 0 aliphatic rings. The highest BCUT2D eigenvalue weighted by Gasteiger charge is 2.02. The fraction of sp³-hybridized carbons (Fsp3) is 0.267. The molecule has 2 rings (SSSR count). The molecule has 0 saturated heterocycles. The third-order valence-corrected chi connectivity index (χ3v) is 2.98. The standard InChI is InChI=1S/C15H18N2O2/c1-2-3-8-19-14-7-6-11-9-13(15(16)17-18)5-4-12(11)10-14/h4-7,9-10,18H,2-3,8H2,1H3,(H2,16,17). The van der Waals surface area contributed by atoms with E-state index < -0.39 is 0 Å². The third-order valence-electron chi connectivity index (χ3n) is 2.98. The minimum atomic E-state index is 0.116. The molecule has 0 amide bonds. The third kappa shape index (κ3) is 3.16. The zero-order valence-corrected chi connectivity index (χ0v) is 11.0. The van der Waals surface area contributed by atoms with Crippen LogP contribution in [0.4, 0.5) is 0 Å². The first-order chi connectivity index (χ1) is 9.24. The molecule has 4 heteroatoms. The lowest BCUT2D eigenvalue weighted by Crippen LogP contribution is -2.12. The lowest BCUT2D eigenvalue weighted by Gasteiger charge is -2.07. The van der Waals surface area contributed by atoms with Gasteiger partial charge < -0.3 is 15.7 Å². The number of hydrogen-bond donors (Lipinski definition) is 2. The first-order valence-corrected chi connectivity index (χ1v) is 6.39. The van der Waals surface area contributed by atoms with Gasteiger partial charge in [-0.2, -0.15) is 0 Å². The lowest BCUT2D eigenvalue weighted by atomic mass is 10.1. The molecule has 19 heavy (non-hydrogen) atoms. The number of hydrogen-bond acceptors (Lipinski definition) is 3. The van der Waals surface area contributed by atoms with E-state index in [1.54, 1.807) is 0 Å². The summed E-state index contributed by atoms with van der Waals surface area (Å²) < 4.78 is 5.66. The van der Waals surface area contributed by atoms with E-state index >= 15 is 0 Å². The molecular formula is C15H18N2O2. The average molecular weight is 258 g/mol. The average Bonchev–Trinajstić information content (AvgIpc) is 2.46. The van der Waals surface area contributed by atoms with Crippen LogP contribution in [0.2, 0.25) is 0 Å². The van der Waals surface area contributed by atoms with Crippen LogP contribution in [0.25, 0.3) is 10.8 Å². The van der Waals surface area contributed by atoms with E-state index in [1.165, 1.54) is 0 Å². The van der Waals surface area contributed by atoms with Crippen molar-refractivity contribution in [1.82, 2.24) is 0 Å². The Hall–Kier alpha value is -2.23. The van der Waals surface area contributed by atoms with Crippen molar-refractivity contribution in [2.24, 2.45) is 10.9 Å². The highest BCUT2D eigenvalue weighted by Crippen LogP contribution is 2.22. The molecule has 0 aliphatic carbocycles. The molecule has 0 bridgehead atoms.